The van der Waals surface area contributed by atoms with Crippen LogP contribution in [0.2, 0.25) is 11.6 Å². The maximum atomic E-state index is 6.30. The number of unbranched alkanes of at least 4 members (excludes halogenated alkanes) is 1. The third-order valence-electron chi connectivity index (χ3n) is 5.65. The summed E-state index contributed by atoms with van der Waals surface area (Å²) in [6.07, 6.45) is 3.48. The van der Waals surface area contributed by atoms with E-state index >= 15 is 0 Å². The van der Waals surface area contributed by atoms with E-state index in [1.807, 2.05) is 39.0 Å². The van der Waals surface area contributed by atoms with Crippen LogP contribution in [0.15, 0.2) is 30.3 Å². The molecule has 35 heavy (non-hydrogen) atoms. The Bertz CT molecular complexity index is 589. The molecule has 0 fully saturated rings. The molecule has 1 rings (SSSR count). The topological polar surface area (TPSA) is 133 Å². The lowest BCUT2D eigenvalue weighted by atomic mass is 10.0. The van der Waals surface area contributed by atoms with Crippen LogP contribution in [0, 0.1) is 0 Å². The zero-order chi connectivity index (χ0) is 26.6. The van der Waals surface area contributed by atoms with Crippen molar-refractivity contribution in [3.63, 3.8) is 0 Å². The van der Waals surface area contributed by atoms with E-state index in [9.17, 15) is 0 Å². The fourth-order valence-electron chi connectivity index (χ4n) is 3.99. The molecule has 0 radical (unpaired) electrons. The van der Waals surface area contributed by atoms with E-state index in [4.69, 9.17) is 43.8 Å². The summed E-state index contributed by atoms with van der Waals surface area (Å²) in [6.45, 7) is 9.12. The van der Waals surface area contributed by atoms with Gasteiger partial charge >= 0.3 is 17.6 Å². The Morgan fingerprint density at radius 3 is 1.69 bits per heavy atom. The molecular formula is C24H51N3O6Si2. The molecule has 9 nitrogen and oxygen atoms in total. The molecule has 0 bridgehead atoms. The first kappa shape index (κ1) is 34.3. The van der Waals surface area contributed by atoms with E-state index in [0.717, 1.165) is 31.9 Å². The first-order chi connectivity index (χ1) is 16.9. The minimum Gasteiger partial charge on any atom is -0.377 e. The fourth-order valence-corrected chi connectivity index (χ4v) is 9.26. The van der Waals surface area contributed by atoms with Gasteiger partial charge in [0.25, 0.3) is 0 Å². The maximum Gasteiger partial charge on any atom is 0.505 e. The maximum absolute atomic E-state index is 6.30. The monoisotopic (exact) mass is 533 g/mol. The quantitative estimate of drug-likeness (QED) is 0.181. The molecule has 206 valence electrons. The minimum atomic E-state index is -2.81. The SMILES string of the molecule is CCO[Si](CCCCN)(OCC)OCC.CO[Si](OC)(OC)C(Cc1ccccc1)C(N)CCN. The standard InChI is InChI=1S/C14H26N2O3Si.C10H25NO3Si/c1-17-20(18-2,19-3)14(13(16)9-10-15)11-12-7-5-4-6-8-12;1-4-12-15(13-5-2,14-6-3)10-8-7-9-11/h4-8,13-14H,9-11,15-16H2,1-3H3;4-11H2,1-3H3. The van der Waals surface area contributed by atoms with Crippen LogP contribution in [0.5, 0.6) is 0 Å². The van der Waals surface area contributed by atoms with Gasteiger partial charge in [-0.1, -0.05) is 30.3 Å². The Labute approximate surface area is 215 Å². The highest BCUT2D eigenvalue weighted by Crippen LogP contribution is 2.31. The normalized spacial score (nSPS) is 13.7. The molecule has 0 aliphatic rings. The zero-order valence-corrected chi connectivity index (χ0v) is 24.8. The van der Waals surface area contributed by atoms with Crippen molar-refractivity contribution in [1.82, 2.24) is 0 Å². The largest absolute Gasteiger partial charge is 0.505 e. The third-order valence-corrected chi connectivity index (χ3v) is 12.1. The van der Waals surface area contributed by atoms with Crippen molar-refractivity contribution in [1.29, 1.82) is 0 Å². The summed E-state index contributed by atoms with van der Waals surface area (Å²) in [5, 5.41) is 0. The van der Waals surface area contributed by atoms with Crippen LogP contribution in [0.3, 0.4) is 0 Å². The van der Waals surface area contributed by atoms with E-state index < -0.39 is 17.6 Å². The smallest absolute Gasteiger partial charge is 0.377 e. The summed E-state index contributed by atoms with van der Waals surface area (Å²) in [7, 11) is -0.346. The second-order valence-electron chi connectivity index (χ2n) is 7.98. The molecule has 0 aliphatic carbocycles. The summed E-state index contributed by atoms with van der Waals surface area (Å²) in [5.41, 5.74) is 18.6. The van der Waals surface area contributed by atoms with Gasteiger partial charge in [-0.25, -0.2) is 0 Å². The number of rotatable bonds is 19. The van der Waals surface area contributed by atoms with Crippen molar-refractivity contribution in [2.24, 2.45) is 17.2 Å². The predicted molar refractivity (Wildman–Crippen MR) is 146 cm³/mol. The van der Waals surface area contributed by atoms with Crippen molar-refractivity contribution in [2.75, 3.05) is 54.2 Å². The Balaban J connectivity index is 0.000000691. The predicted octanol–water partition coefficient (Wildman–Crippen LogP) is 2.93. The van der Waals surface area contributed by atoms with Gasteiger partial charge in [-0.05, 0) is 65.1 Å². The fraction of sp³-hybridized carbons (Fsp3) is 0.750. The molecule has 0 aliphatic heterocycles. The molecule has 2 unspecified atom stereocenters. The first-order valence-electron chi connectivity index (χ1n) is 12.6. The van der Waals surface area contributed by atoms with Gasteiger partial charge in [0.15, 0.2) is 0 Å². The highest BCUT2D eigenvalue weighted by molar-refractivity contribution is 6.62. The van der Waals surface area contributed by atoms with E-state index in [1.165, 1.54) is 5.56 Å². The van der Waals surface area contributed by atoms with Gasteiger partial charge in [0, 0.05) is 58.8 Å². The molecule has 11 heteroatoms. The molecule has 0 aromatic heterocycles. The summed E-state index contributed by atoms with van der Waals surface area (Å²) in [6, 6.07) is 10.9. The number of hydrogen-bond donors (Lipinski definition) is 3. The van der Waals surface area contributed by atoms with E-state index in [1.54, 1.807) is 21.3 Å². The van der Waals surface area contributed by atoms with Crippen LogP contribution in [0.25, 0.3) is 0 Å². The van der Waals surface area contributed by atoms with Gasteiger partial charge in [-0.15, -0.1) is 0 Å². The molecular weight excluding hydrogens is 482 g/mol. The Hall–Kier alpha value is -0.706. The van der Waals surface area contributed by atoms with Gasteiger partial charge in [0.05, 0.1) is 0 Å². The highest BCUT2D eigenvalue weighted by Gasteiger charge is 2.49. The summed E-state index contributed by atoms with van der Waals surface area (Å²) >= 11 is 0. The summed E-state index contributed by atoms with van der Waals surface area (Å²) in [5.74, 6) is 0. The molecule has 0 heterocycles. The molecule has 2 atom stereocenters. The average Bonchev–Trinajstić information content (AvgIpc) is 2.86. The van der Waals surface area contributed by atoms with E-state index in [2.05, 4.69) is 12.1 Å². The second kappa shape index (κ2) is 20.4. The molecule has 1 aromatic carbocycles. The lowest BCUT2D eigenvalue weighted by molar-refractivity contribution is 0.0707. The van der Waals surface area contributed by atoms with Crippen molar-refractivity contribution in [2.45, 2.75) is 64.1 Å². The molecule has 0 spiro atoms. The number of nitrogens with two attached hydrogens (primary N) is 3. The van der Waals surface area contributed by atoms with Crippen LogP contribution in [-0.2, 0) is 33.0 Å². The third kappa shape index (κ3) is 12.4. The summed E-state index contributed by atoms with van der Waals surface area (Å²) < 4.78 is 34.0. The molecule has 1 aromatic rings. The molecule has 6 N–H and O–H groups in total. The molecule has 0 saturated carbocycles. The number of benzene rings is 1. The highest BCUT2D eigenvalue weighted by atomic mass is 28.4. The van der Waals surface area contributed by atoms with Gasteiger partial charge in [0.2, 0.25) is 0 Å². The van der Waals surface area contributed by atoms with E-state index in [0.29, 0.717) is 32.8 Å². The average molecular weight is 534 g/mol. The van der Waals surface area contributed by atoms with E-state index in [-0.39, 0.29) is 11.6 Å². The van der Waals surface area contributed by atoms with Gasteiger partial charge in [-0.3, -0.25) is 0 Å². The van der Waals surface area contributed by atoms with Crippen molar-refractivity contribution in [3.8, 4) is 0 Å². The van der Waals surface area contributed by atoms with Crippen LogP contribution >= 0.6 is 0 Å². The first-order valence-corrected chi connectivity index (χ1v) is 16.4. The van der Waals surface area contributed by atoms with Crippen molar-refractivity contribution >= 4 is 17.6 Å². The lowest BCUT2D eigenvalue weighted by Crippen LogP contribution is -2.54. The van der Waals surface area contributed by atoms with Crippen LogP contribution in [0.4, 0.5) is 0 Å². The lowest BCUT2D eigenvalue weighted by Gasteiger charge is -2.36. The van der Waals surface area contributed by atoms with Crippen LogP contribution in [-0.4, -0.2) is 77.9 Å². The zero-order valence-electron chi connectivity index (χ0n) is 22.8. The van der Waals surface area contributed by atoms with Gasteiger partial charge < -0.3 is 43.8 Å². The van der Waals surface area contributed by atoms with Crippen LogP contribution < -0.4 is 17.2 Å². The van der Waals surface area contributed by atoms with Crippen LogP contribution in [0.1, 0.15) is 45.6 Å². The Morgan fingerprint density at radius 1 is 0.771 bits per heavy atom. The Morgan fingerprint density at radius 2 is 1.29 bits per heavy atom. The van der Waals surface area contributed by atoms with Crippen molar-refractivity contribution in [3.05, 3.63) is 35.9 Å². The summed E-state index contributed by atoms with van der Waals surface area (Å²) in [4.78, 5) is 0. The molecule has 0 amide bonds. The Kier molecular flexibility index (Phi) is 20.0. The number of hydrogen-bond acceptors (Lipinski definition) is 9. The second-order valence-corrected chi connectivity index (χ2v) is 13.9. The van der Waals surface area contributed by atoms with Gasteiger partial charge in [-0.2, -0.15) is 0 Å². The minimum absolute atomic E-state index is 0.0200. The molecule has 0 saturated heterocycles. The van der Waals surface area contributed by atoms with Gasteiger partial charge in [0.1, 0.15) is 0 Å². The van der Waals surface area contributed by atoms with Crippen molar-refractivity contribution < 1.29 is 26.6 Å².